The van der Waals surface area contributed by atoms with Gasteiger partial charge in [0.1, 0.15) is 0 Å². The third kappa shape index (κ3) is 10.5. The van der Waals surface area contributed by atoms with E-state index in [9.17, 15) is 22.4 Å². The first-order chi connectivity index (χ1) is 16.8. The van der Waals surface area contributed by atoms with Gasteiger partial charge in [0, 0.05) is 17.8 Å². The molecular formula is C27H31F4IO3U. The molecule has 0 radical (unpaired) electrons. The van der Waals surface area contributed by atoms with Crippen LogP contribution in [0.3, 0.4) is 0 Å². The van der Waals surface area contributed by atoms with Gasteiger partial charge >= 0.3 is 31.1 Å². The van der Waals surface area contributed by atoms with Crippen molar-refractivity contribution in [3.63, 3.8) is 0 Å². The van der Waals surface area contributed by atoms with E-state index in [1.807, 2.05) is 18.2 Å². The zero-order valence-electron chi connectivity index (χ0n) is 20.4. The largest absolute Gasteiger partial charge is 2.00 e. The topological polar surface area (TPSA) is 35.5 Å². The monoisotopic (exact) mass is 844 g/mol. The van der Waals surface area contributed by atoms with Gasteiger partial charge in [0.15, 0.2) is 17.3 Å². The molecule has 0 heterocycles. The van der Waals surface area contributed by atoms with Gasteiger partial charge in [-0.05, 0) is 34.1 Å². The number of halogens is 5. The van der Waals surface area contributed by atoms with Crippen LogP contribution in [-0.4, -0.2) is 19.5 Å². The smallest absolute Gasteiger partial charge is 0.493 e. The molecule has 196 valence electrons. The number of Topliss-reactive ketones (excluding diaryl/α,β-unsaturated/α-hetero) is 1. The number of carbonyl (C=O) groups excluding carboxylic acids is 1. The van der Waals surface area contributed by atoms with Crippen molar-refractivity contribution < 1.29 is 62.9 Å². The van der Waals surface area contributed by atoms with Crippen LogP contribution in [0.5, 0.6) is 11.5 Å². The Balaban J connectivity index is 0.000000454. The number of hydrogen-bond donors (Lipinski definition) is 0. The molecule has 0 spiro atoms. The van der Waals surface area contributed by atoms with Crippen molar-refractivity contribution in [3.05, 3.63) is 63.6 Å². The van der Waals surface area contributed by atoms with Gasteiger partial charge < -0.3 is 16.4 Å². The summed E-state index contributed by atoms with van der Waals surface area (Å²) in [6.07, 6.45) is 11.3. The van der Waals surface area contributed by atoms with Gasteiger partial charge in [-0.25, -0.2) is 13.2 Å². The Labute approximate surface area is 248 Å². The van der Waals surface area contributed by atoms with Crippen LogP contribution in [0.2, 0.25) is 0 Å². The van der Waals surface area contributed by atoms with E-state index in [-0.39, 0.29) is 36.9 Å². The minimum absolute atomic E-state index is 0. The molecule has 9 heteroatoms. The van der Waals surface area contributed by atoms with Crippen LogP contribution in [0.4, 0.5) is 17.6 Å². The molecule has 0 aliphatic heterocycles. The van der Waals surface area contributed by atoms with Crippen LogP contribution in [0.15, 0.2) is 18.2 Å². The maximum Gasteiger partial charge on any atom is 2.00 e. The van der Waals surface area contributed by atoms with E-state index in [2.05, 4.69) is 6.92 Å². The summed E-state index contributed by atoms with van der Waals surface area (Å²) in [6, 6.07) is 6.94. The van der Waals surface area contributed by atoms with E-state index in [1.54, 1.807) is 7.11 Å². The number of benzene rings is 2. The molecular weight excluding hydrogens is 813 g/mol. The third-order valence-corrected chi connectivity index (χ3v) is 6.77. The minimum atomic E-state index is -1.70. The van der Waals surface area contributed by atoms with E-state index in [4.69, 9.17) is 9.47 Å². The average molecular weight is 844 g/mol. The van der Waals surface area contributed by atoms with Crippen molar-refractivity contribution in [1.29, 1.82) is 0 Å². The number of ketones is 1. The van der Waals surface area contributed by atoms with Crippen LogP contribution in [0.25, 0.3) is 0 Å². The fourth-order valence-corrected chi connectivity index (χ4v) is 4.24. The molecule has 36 heavy (non-hydrogen) atoms. The number of hydrogen-bond acceptors (Lipinski definition) is 3. The first-order valence-corrected chi connectivity index (χ1v) is 12.9. The van der Waals surface area contributed by atoms with E-state index in [0.717, 1.165) is 18.4 Å². The first kappa shape index (κ1) is 33.2. The van der Waals surface area contributed by atoms with Crippen LogP contribution in [0, 0.1) is 76.9 Å². The van der Waals surface area contributed by atoms with Gasteiger partial charge in [0.25, 0.3) is 0 Å². The maximum atomic E-state index is 12.6. The Bertz CT molecular complexity index is 940. The molecule has 0 aromatic heterocycles. The maximum absolute atomic E-state index is 12.6. The first-order valence-electron chi connectivity index (χ1n) is 11.8. The summed E-state index contributed by atoms with van der Waals surface area (Å²) < 4.78 is 59.5. The number of methoxy groups -OCH3 is 1. The van der Waals surface area contributed by atoms with Crippen molar-refractivity contribution >= 4 is 28.4 Å². The van der Waals surface area contributed by atoms with Gasteiger partial charge in [-0.3, -0.25) is 9.18 Å². The summed E-state index contributed by atoms with van der Waals surface area (Å²) in [6.45, 7) is 4.43. The zero-order chi connectivity index (χ0) is 25.8. The Kier molecular flexibility index (Phi) is 16.3. The Morgan fingerprint density at radius 3 is 2.28 bits per heavy atom. The van der Waals surface area contributed by atoms with Crippen molar-refractivity contribution in [3.8, 4) is 11.5 Å². The molecule has 0 atom stereocenters. The van der Waals surface area contributed by atoms with Crippen LogP contribution >= 0.6 is 22.6 Å². The Morgan fingerprint density at radius 1 is 1.03 bits per heavy atom. The van der Waals surface area contributed by atoms with E-state index in [1.165, 1.54) is 73.6 Å². The summed E-state index contributed by atoms with van der Waals surface area (Å²) in [5, 5.41) is 0. The molecule has 0 N–H and O–H groups in total. The molecule has 0 amide bonds. The van der Waals surface area contributed by atoms with Crippen molar-refractivity contribution in [2.75, 3.05) is 13.7 Å². The van der Waals surface area contributed by atoms with E-state index >= 15 is 0 Å². The normalized spacial score (nSPS) is 14.0. The molecule has 2 aromatic carbocycles. The summed E-state index contributed by atoms with van der Waals surface area (Å²) in [7, 11) is 1.62. The zero-order valence-corrected chi connectivity index (χ0v) is 26.7. The molecule has 3 rings (SSSR count). The predicted molar refractivity (Wildman–Crippen MR) is 136 cm³/mol. The number of unbranched alkanes of at least 4 members (excludes halogenated alkanes) is 1. The fourth-order valence-electron chi connectivity index (χ4n) is 3.86. The molecule has 3 nitrogen and oxygen atoms in total. The Morgan fingerprint density at radius 2 is 1.67 bits per heavy atom. The molecule has 0 unspecified atom stereocenters. The second kappa shape index (κ2) is 17.7. The van der Waals surface area contributed by atoms with Crippen LogP contribution in [-0.2, 0) is 0 Å². The van der Waals surface area contributed by atoms with Gasteiger partial charge in [-0.15, -0.1) is 28.7 Å². The molecule has 0 bridgehead atoms. The predicted octanol–water partition coefficient (Wildman–Crippen LogP) is 8.27. The molecule has 2 aromatic rings. The fraction of sp³-hybridized carbons (Fsp3) is 0.481. The molecule has 1 fully saturated rings. The van der Waals surface area contributed by atoms with Crippen molar-refractivity contribution in [1.82, 2.24) is 0 Å². The summed E-state index contributed by atoms with van der Waals surface area (Å²) in [5.74, 6) is -3.96. The SMILES string of the molecule is Fc1[c-]c(F)c(I)c(F)c1F.[CH2-]CCCOc1ccc(C(=O)CC2CCCCCCC2)cc1OC.[U+2]. The quantitative estimate of drug-likeness (QED) is 0.0511. The number of rotatable bonds is 8. The van der Waals surface area contributed by atoms with Crippen LogP contribution in [0.1, 0.15) is 74.6 Å². The second-order valence-corrected chi connectivity index (χ2v) is 9.53. The molecule has 0 saturated heterocycles. The van der Waals surface area contributed by atoms with Crippen molar-refractivity contribution in [2.24, 2.45) is 5.92 Å². The average Bonchev–Trinajstić information content (AvgIpc) is 2.83. The van der Waals surface area contributed by atoms with Gasteiger partial charge in [-0.1, -0.05) is 44.9 Å². The van der Waals surface area contributed by atoms with E-state index in [0.29, 0.717) is 30.4 Å². The third-order valence-electron chi connectivity index (χ3n) is 5.83. The molecule has 1 aliphatic carbocycles. The van der Waals surface area contributed by atoms with Crippen molar-refractivity contribution in [2.45, 2.75) is 64.2 Å². The second-order valence-electron chi connectivity index (χ2n) is 8.45. The van der Waals surface area contributed by atoms with Crippen LogP contribution < -0.4 is 9.47 Å². The molecule has 1 saturated carbocycles. The van der Waals surface area contributed by atoms with Gasteiger partial charge in [-0.2, -0.15) is 6.42 Å². The number of carbonyl (C=O) groups is 1. The standard InChI is InChI=1S/C21H31O3.C6F4I.U/c1-3-4-14-24-20-13-12-18(16-21(20)23-2)19(22)15-17-10-8-6-5-7-9-11-17;7-2-1-3(8)6(11)5(10)4(2)9;/h12-13,16-17H,1,3-11,14-15H2,2H3;;/q2*-1;+2. The summed E-state index contributed by atoms with van der Waals surface area (Å²) in [5.41, 5.74) is 0.735. The number of ether oxygens (including phenoxy) is 2. The van der Waals surface area contributed by atoms with Gasteiger partial charge in [0.05, 0.1) is 31.2 Å². The van der Waals surface area contributed by atoms with Gasteiger partial charge in [0.2, 0.25) is 0 Å². The minimum Gasteiger partial charge on any atom is -0.493 e. The summed E-state index contributed by atoms with van der Waals surface area (Å²) >= 11 is 1.22. The molecule has 1 aliphatic rings. The van der Waals surface area contributed by atoms with E-state index < -0.39 is 26.8 Å². The Hall–Kier alpha value is -0.788. The summed E-state index contributed by atoms with van der Waals surface area (Å²) in [4.78, 5) is 12.6.